The number of carboxylic acid groups (broad SMARTS) is 1. The molecule has 0 saturated carbocycles. The van der Waals surface area contributed by atoms with Crippen LogP contribution in [-0.4, -0.2) is 17.0 Å². The second-order valence-corrected chi connectivity index (χ2v) is 4.06. The van der Waals surface area contributed by atoms with Crippen LogP contribution in [0, 0.1) is 0 Å². The number of alkyl halides is 1. The number of carbonyl (C=O) groups is 1. The van der Waals surface area contributed by atoms with E-state index in [1.807, 2.05) is 54.4 Å². The van der Waals surface area contributed by atoms with Crippen molar-refractivity contribution >= 4 is 22.0 Å². The molecule has 0 unspecified atom stereocenters. The van der Waals surface area contributed by atoms with Gasteiger partial charge in [-0.2, -0.15) is 0 Å². The highest BCUT2D eigenvalue weighted by Gasteiger charge is 2.28. The Balaban J connectivity index is 0.000000637. The Morgan fingerprint density at radius 1 is 1.00 bits per heavy atom. The van der Waals surface area contributed by atoms with Crippen LogP contribution < -0.4 is 5.32 Å². The van der Waals surface area contributed by atoms with Crippen LogP contribution in [0.1, 0.15) is 17.2 Å². The molecule has 1 amide bonds. The van der Waals surface area contributed by atoms with Gasteiger partial charge in [-0.3, -0.25) is 0 Å². The molecule has 98 valence electrons. The number of halogens is 1. The van der Waals surface area contributed by atoms with Crippen LogP contribution in [-0.2, 0) is 0 Å². The number of fused-ring (bicyclic) bond motifs is 3. The fourth-order valence-electron chi connectivity index (χ4n) is 2.43. The smallest absolute Gasteiger partial charge is 0.405 e. The molecule has 0 saturated heterocycles. The number of rotatable bonds is 1. The summed E-state index contributed by atoms with van der Waals surface area (Å²) < 4.78 is 0. The van der Waals surface area contributed by atoms with Crippen molar-refractivity contribution in [3.63, 3.8) is 0 Å². The molecular formula is C15H14BrNO2. The number of nitrogens with one attached hydrogen (secondary N) is 1. The van der Waals surface area contributed by atoms with E-state index in [1.165, 1.54) is 0 Å². The molecule has 19 heavy (non-hydrogen) atoms. The zero-order valence-electron chi connectivity index (χ0n) is 10.4. The summed E-state index contributed by atoms with van der Waals surface area (Å²) in [6, 6.07) is 15.5. The molecule has 0 radical (unpaired) electrons. The van der Waals surface area contributed by atoms with E-state index in [2.05, 4.69) is 21.2 Å². The lowest BCUT2D eigenvalue weighted by Crippen LogP contribution is -2.26. The molecule has 0 aromatic heterocycles. The standard InChI is InChI=1S/C14H11NO2.CH3Br/c16-14(17)15-13-11-7-3-1-5-9(11)10-6-2-4-8-12(10)13;1-2/h1-8,13,15H,(H,16,17);1H3. The molecule has 0 aliphatic heterocycles. The van der Waals surface area contributed by atoms with E-state index in [9.17, 15) is 4.79 Å². The summed E-state index contributed by atoms with van der Waals surface area (Å²) in [5.41, 5.74) is 4.27. The Morgan fingerprint density at radius 3 is 1.84 bits per heavy atom. The molecule has 2 N–H and O–H groups in total. The number of amides is 1. The first-order valence-corrected chi connectivity index (χ1v) is 7.41. The fourth-order valence-corrected chi connectivity index (χ4v) is 2.43. The fraction of sp³-hybridized carbons (Fsp3) is 0.133. The van der Waals surface area contributed by atoms with E-state index in [-0.39, 0.29) is 6.04 Å². The molecular weight excluding hydrogens is 306 g/mol. The van der Waals surface area contributed by atoms with E-state index in [4.69, 9.17) is 5.11 Å². The summed E-state index contributed by atoms with van der Waals surface area (Å²) in [5.74, 6) is 1.81. The highest BCUT2D eigenvalue weighted by atomic mass is 79.9. The van der Waals surface area contributed by atoms with Crippen LogP contribution in [0.15, 0.2) is 48.5 Å². The zero-order chi connectivity index (χ0) is 13.8. The van der Waals surface area contributed by atoms with E-state index in [1.54, 1.807) is 0 Å². The third-order valence-electron chi connectivity index (χ3n) is 3.10. The minimum atomic E-state index is -0.999. The average Bonchev–Trinajstić information content (AvgIpc) is 2.76. The predicted octanol–water partition coefficient (Wildman–Crippen LogP) is 4.04. The van der Waals surface area contributed by atoms with Gasteiger partial charge in [0, 0.05) is 0 Å². The van der Waals surface area contributed by atoms with Crippen molar-refractivity contribution in [2.75, 3.05) is 5.83 Å². The Morgan fingerprint density at radius 2 is 1.42 bits per heavy atom. The van der Waals surface area contributed by atoms with Gasteiger partial charge in [0.15, 0.2) is 0 Å². The zero-order valence-corrected chi connectivity index (χ0v) is 12.0. The van der Waals surface area contributed by atoms with Gasteiger partial charge in [-0.05, 0) is 28.1 Å². The molecule has 1 aliphatic carbocycles. The van der Waals surface area contributed by atoms with Gasteiger partial charge in [0.1, 0.15) is 0 Å². The number of hydrogen-bond acceptors (Lipinski definition) is 1. The lowest BCUT2D eigenvalue weighted by atomic mass is 10.1. The summed E-state index contributed by atoms with van der Waals surface area (Å²) in [4.78, 5) is 10.9. The maximum absolute atomic E-state index is 10.9. The summed E-state index contributed by atoms with van der Waals surface area (Å²) in [6.07, 6.45) is -0.999. The normalized spacial score (nSPS) is 11.9. The molecule has 3 nitrogen and oxygen atoms in total. The Bertz CT molecular complexity index is 553. The van der Waals surface area contributed by atoms with Crippen molar-refractivity contribution in [2.24, 2.45) is 0 Å². The van der Waals surface area contributed by atoms with E-state index in [0.717, 1.165) is 22.3 Å². The average molecular weight is 320 g/mol. The van der Waals surface area contributed by atoms with E-state index < -0.39 is 6.09 Å². The Hall–Kier alpha value is -1.81. The predicted molar refractivity (Wildman–Crippen MR) is 79.7 cm³/mol. The maximum atomic E-state index is 10.9. The highest BCUT2D eigenvalue weighted by Crippen LogP contribution is 2.42. The summed E-state index contributed by atoms with van der Waals surface area (Å²) in [7, 11) is 0. The molecule has 0 heterocycles. The van der Waals surface area contributed by atoms with Gasteiger partial charge in [0.05, 0.1) is 6.04 Å². The summed E-state index contributed by atoms with van der Waals surface area (Å²) >= 11 is 2.94. The largest absolute Gasteiger partial charge is 0.465 e. The molecule has 2 aromatic carbocycles. The monoisotopic (exact) mass is 319 g/mol. The lowest BCUT2D eigenvalue weighted by molar-refractivity contribution is 0.192. The van der Waals surface area contributed by atoms with Crippen molar-refractivity contribution < 1.29 is 9.90 Å². The van der Waals surface area contributed by atoms with Crippen molar-refractivity contribution in [1.82, 2.24) is 5.32 Å². The van der Waals surface area contributed by atoms with Crippen LogP contribution in [0.25, 0.3) is 11.1 Å². The van der Waals surface area contributed by atoms with Gasteiger partial charge in [-0.25, -0.2) is 4.79 Å². The quantitative estimate of drug-likeness (QED) is 0.779. The summed E-state index contributed by atoms with van der Waals surface area (Å²) in [6.45, 7) is 0. The highest BCUT2D eigenvalue weighted by molar-refractivity contribution is 9.08. The summed E-state index contributed by atoms with van der Waals surface area (Å²) in [5, 5.41) is 11.5. The van der Waals surface area contributed by atoms with Gasteiger partial charge in [0.2, 0.25) is 0 Å². The molecule has 2 aromatic rings. The van der Waals surface area contributed by atoms with Crippen LogP contribution in [0.4, 0.5) is 4.79 Å². The Labute approximate surface area is 120 Å². The second kappa shape index (κ2) is 5.89. The van der Waals surface area contributed by atoms with Gasteiger partial charge >= 0.3 is 6.09 Å². The van der Waals surface area contributed by atoms with Gasteiger partial charge < -0.3 is 10.4 Å². The van der Waals surface area contributed by atoms with Crippen LogP contribution >= 0.6 is 15.9 Å². The lowest BCUT2D eigenvalue weighted by Gasteiger charge is -2.12. The second-order valence-electron chi connectivity index (χ2n) is 4.06. The molecule has 0 atom stereocenters. The van der Waals surface area contributed by atoms with Gasteiger partial charge in [-0.1, -0.05) is 64.5 Å². The first-order chi connectivity index (χ1) is 9.27. The minimum Gasteiger partial charge on any atom is -0.465 e. The van der Waals surface area contributed by atoms with E-state index >= 15 is 0 Å². The van der Waals surface area contributed by atoms with Gasteiger partial charge in [-0.15, -0.1) is 0 Å². The van der Waals surface area contributed by atoms with Crippen LogP contribution in [0.3, 0.4) is 0 Å². The first-order valence-electron chi connectivity index (χ1n) is 5.83. The molecule has 0 spiro atoms. The number of hydrogen-bond donors (Lipinski definition) is 2. The molecule has 0 fully saturated rings. The molecule has 4 heteroatoms. The first kappa shape index (κ1) is 13.6. The van der Waals surface area contributed by atoms with Crippen molar-refractivity contribution in [2.45, 2.75) is 6.04 Å². The number of benzene rings is 2. The van der Waals surface area contributed by atoms with Crippen molar-refractivity contribution in [3.05, 3.63) is 59.7 Å². The molecule has 3 rings (SSSR count). The van der Waals surface area contributed by atoms with E-state index in [0.29, 0.717) is 0 Å². The Kier molecular flexibility index (Phi) is 4.22. The SMILES string of the molecule is CBr.O=C(O)NC1c2ccccc2-c2ccccc21. The van der Waals surface area contributed by atoms with Crippen LogP contribution in [0.5, 0.6) is 0 Å². The minimum absolute atomic E-state index is 0.250. The third kappa shape index (κ3) is 2.49. The van der Waals surface area contributed by atoms with Crippen molar-refractivity contribution in [3.8, 4) is 11.1 Å². The molecule has 1 aliphatic rings. The maximum Gasteiger partial charge on any atom is 0.405 e. The van der Waals surface area contributed by atoms with Crippen LogP contribution in [0.2, 0.25) is 0 Å². The topological polar surface area (TPSA) is 49.3 Å². The third-order valence-corrected chi connectivity index (χ3v) is 3.10. The molecule has 0 bridgehead atoms. The van der Waals surface area contributed by atoms with Gasteiger partial charge in [0.25, 0.3) is 0 Å². The van der Waals surface area contributed by atoms with Crippen molar-refractivity contribution in [1.29, 1.82) is 0 Å².